The highest BCUT2D eigenvalue weighted by molar-refractivity contribution is 7.92. The minimum absolute atomic E-state index is 0.00277. The minimum Gasteiger partial charge on any atom is -0.354 e. The van der Waals surface area contributed by atoms with E-state index in [2.05, 4.69) is 5.32 Å². The summed E-state index contributed by atoms with van der Waals surface area (Å²) >= 11 is 0. The maximum Gasteiger partial charge on any atom is 0.244 e. The Morgan fingerprint density at radius 1 is 0.897 bits per heavy atom. The number of anilines is 1. The first kappa shape index (κ1) is 29.8. The molecule has 0 aliphatic heterocycles. The van der Waals surface area contributed by atoms with Crippen molar-refractivity contribution in [3.05, 3.63) is 101 Å². The molecule has 9 heteroatoms. The van der Waals surface area contributed by atoms with E-state index in [9.17, 15) is 22.4 Å². The van der Waals surface area contributed by atoms with Crippen LogP contribution in [0.15, 0.2) is 78.9 Å². The number of rotatable bonds is 12. The Bertz CT molecular complexity index is 1350. The zero-order valence-corrected chi connectivity index (χ0v) is 23.6. The first-order valence-electron chi connectivity index (χ1n) is 12.8. The van der Waals surface area contributed by atoms with E-state index in [1.165, 1.54) is 17.0 Å². The third kappa shape index (κ3) is 8.92. The molecular formula is C30H36FN3O4S. The second-order valence-corrected chi connectivity index (χ2v) is 12.0. The third-order valence-corrected chi connectivity index (χ3v) is 7.36. The second-order valence-electron chi connectivity index (χ2n) is 10.1. The molecule has 0 unspecified atom stereocenters. The van der Waals surface area contributed by atoms with Crippen LogP contribution in [0.2, 0.25) is 0 Å². The number of hydrogen-bond donors (Lipinski definition) is 1. The molecule has 7 nitrogen and oxygen atoms in total. The summed E-state index contributed by atoms with van der Waals surface area (Å²) in [6.07, 6.45) is 1.27. The first-order valence-corrected chi connectivity index (χ1v) is 14.7. The van der Waals surface area contributed by atoms with E-state index in [0.717, 1.165) is 21.7 Å². The Morgan fingerprint density at radius 3 is 2.08 bits per heavy atom. The van der Waals surface area contributed by atoms with Gasteiger partial charge in [0.1, 0.15) is 18.4 Å². The molecule has 0 aromatic heterocycles. The van der Waals surface area contributed by atoms with Gasteiger partial charge in [0.15, 0.2) is 0 Å². The summed E-state index contributed by atoms with van der Waals surface area (Å²) in [4.78, 5) is 28.9. The molecule has 0 aliphatic rings. The highest BCUT2D eigenvalue weighted by atomic mass is 32.2. The van der Waals surface area contributed by atoms with Gasteiger partial charge in [0, 0.05) is 19.5 Å². The summed E-state index contributed by atoms with van der Waals surface area (Å²) in [6.45, 7) is 5.75. The predicted molar refractivity (Wildman–Crippen MR) is 152 cm³/mol. The Hall–Kier alpha value is -3.72. The number of carbonyl (C=O) groups is 2. The molecule has 1 N–H and O–H groups in total. The molecule has 3 aromatic carbocycles. The van der Waals surface area contributed by atoms with Gasteiger partial charge in [-0.3, -0.25) is 13.9 Å². The van der Waals surface area contributed by atoms with Crippen LogP contribution in [-0.2, 0) is 32.6 Å². The van der Waals surface area contributed by atoms with Crippen molar-refractivity contribution in [2.24, 2.45) is 5.92 Å². The molecule has 0 saturated carbocycles. The number of hydrogen-bond acceptors (Lipinski definition) is 4. The Kier molecular flexibility index (Phi) is 10.2. The maximum absolute atomic E-state index is 14.0. The van der Waals surface area contributed by atoms with Gasteiger partial charge in [0.2, 0.25) is 21.8 Å². The molecule has 39 heavy (non-hydrogen) atoms. The average molecular weight is 554 g/mol. The lowest BCUT2D eigenvalue weighted by atomic mass is 10.0. The molecule has 0 spiro atoms. The summed E-state index contributed by atoms with van der Waals surface area (Å²) in [5.74, 6) is -1.13. The molecule has 208 valence electrons. The summed E-state index contributed by atoms with van der Waals surface area (Å²) in [7, 11) is -3.83. The van der Waals surface area contributed by atoms with Crippen LogP contribution in [0.1, 0.15) is 30.5 Å². The smallest absolute Gasteiger partial charge is 0.244 e. The van der Waals surface area contributed by atoms with E-state index in [4.69, 9.17) is 0 Å². The standard InChI is InChI=1S/C30H36FN3O4S/c1-22(2)19-32-30(36)28(18-24-8-6-5-7-9-24)33(20-25-12-14-26(31)15-13-25)29(35)21-34(39(4,37)38)27-16-10-23(3)11-17-27/h5-17,22,28H,18-21H2,1-4H3,(H,32,36)/t28-/m0/s1. The number of nitrogens with zero attached hydrogens (tertiary/aromatic N) is 2. The highest BCUT2D eigenvalue weighted by Gasteiger charge is 2.33. The van der Waals surface area contributed by atoms with E-state index in [0.29, 0.717) is 17.8 Å². The molecule has 0 radical (unpaired) electrons. The van der Waals surface area contributed by atoms with Gasteiger partial charge in [-0.1, -0.05) is 74.0 Å². The molecule has 3 rings (SSSR count). The lowest BCUT2D eigenvalue weighted by Crippen LogP contribution is -2.53. The van der Waals surface area contributed by atoms with E-state index < -0.39 is 34.3 Å². The van der Waals surface area contributed by atoms with E-state index >= 15 is 0 Å². The summed E-state index contributed by atoms with van der Waals surface area (Å²) in [6, 6.07) is 20.9. The lowest BCUT2D eigenvalue weighted by molar-refractivity contribution is -0.140. The fraction of sp³-hybridized carbons (Fsp3) is 0.333. The quantitative estimate of drug-likeness (QED) is 0.362. The fourth-order valence-corrected chi connectivity index (χ4v) is 4.94. The van der Waals surface area contributed by atoms with E-state index in [-0.39, 0.29) is 24.8 Å². The summed E-state index contributed by atoms with van der Waals surface area (Å²) in [5.41, 5.74) is 2.75. The Balaban J connectivity index is 2.03. The van der Waals surface area contributed by atoms with Gasteiger partial charge in [-0.15, -0.1) is 0 Å². The molecule has 0 saturated heterocycles. The van der Waals surface area contributed by atoms with Crippen molar-refractivity contribution in [3.8, 4) is 0 Å². The number of aryl methyl sites for hydroxylation is 1. The average Bonchev–Trinajstić information content (AvgIpc) is 2.89. The van der Waals surface area contributed by atoms with Gasteiger partial charge in [-0.05, 0) is 48.2 Å². The highest BCUT2D eigenvalue weighted by Crippen LogP contribution is 2.21. The molecule has 0 fully saturated rings. The molecule has 0 bridgehead atoms. The van der Waals surface area contributed by atoms with Gasteiger partial charge in [-0.2, -0.15) is 0 Å². The zero-order chi connectivity index (χ0) is 28.6. The summed E-state index contributed by atoms with van der Waals surface area (Å²) < 4.78 is 40.2. The Morgan fingerprint density at radius 2 is 1.51 bits per heavy atom. The number of carbonyl (C=O) groups excluding carboxylic acids is 2. The SMILES string of the molecule is Cc1ccc(N(CC(=O)N(Cc2ccc(F)cc2)[C@@H](Cc2ccccc2)C(=O)NCC(C)C)S(C)(=O)=O)cc1. The van der Waals surface area contributed by atoms with Crippen LogP contribution >= 0.6 is 0 Å². The van der Waals surface area contributed by atoms with Gasteiger partial charge in [0.05, 0.1) is 11.9 Å². The van der Waals surface area contributed by atoms with Crippen molar-refractivity contribution in [2.45, 2.75) is 39.8 Å². The van der Waals surface area contributed by atoms with Gasteiger partial charge in [-0.25, -0.2) is 12.8 Å². The minimum atomic E-state index is -3.83. The largest absolute Gasteiger partial charge is 0.354 e. The first-order chi connectivity index (χ1) is 18.4. The second kappa shape index (κ2) is 13.4. The number of nitrogens with one attached hydrogen (secondary N) is 1. The zero-order valence-electron chi connectivity index (χ0n) is 22.8. The van der Waals surface area contributed by atoms with Crippen LogP contribution in [0.4, 0.5) is 10.1 Å². The Labute approximate surface area is 230 Å². The number of amides is 2. The van der Waals surface area contributed by atoms with E-state index in [1.807, 2.05) is 51.1 Å². The summed E-state index contributed by atoms with van der Waals surface area (Å²) in [5, 5.41) is 2.93. The van der Waals surface area contributed by atoms with Crippen molar-refractivity contribution in [1.82, 2.24) is 10.2 Å². The van der Waals surface area contributed by atoms with Crippen LogP contribution in [0, 0.1) is 18.7 Å². The molecule has 3 aromatic rings. The maximum atomic E-state index is 14.0. The normalized spacial score (nSPS) is 12.2. The van der Waals surface area contributed by atoms with Crippen molar-refractivity contribution in [1.29, 1.82) is 0 Å². The van der Waals surface area contributed by atoms with Crippen molar-refractivity contribution in [2.75, 3.05) is 23.7 Å². The van der Waals surface area contributed by atoms with Gasteiger partial charge in [0.25, 0.3) is 0 Å². The monoisotopic (exact) mass is 553 g/mol. The lowest BCUT2D eigenvalue weighted by Gasteiger charge is -2.33. The number of benzene rings is 3. The molecule has 0 heterocycles. The van der Waals surface area contributed by atoms with Crippen molar-refractivity contribution >= 4 is 27.5 Å². The van der Waals surface area contributed by atoms with Crippen molar-refractivity contribution in [3.63, 3.8) is 0 Å². The van der Waals surface area contributed by atoms with Crippen LogP contribution in [0.25, 0.3) is 0 Å². The topological polar surface area (TPSA) is 86.8 Å². The van der Waals surface area contributed by atoms with Crippen LogP contribution in [0.3, 0.4) is 0 Å². The van der Waals surface area contributed by atoms with Crippen LogP contribution in [0.5, 0.6) is 0 Å². The molecular weight excluding hydrogens is 517 g/mol. The van der Waals surface area contributed by atoms with Crippen LogP contribution in [-0.4, -0.2) is 50.5 Å². The van der Waals surface area contributed by atoms with Crippen molar-refractivity contribution < 1.29 is 22.4 Å². The van der Waals surface area contributed by atoms with Gasteiger partial charge < -0.3 is 10.2 Å². The number of halogens is 1. The van der Waals surface area contributed by atoms with E-state index in [1.54, 1.807) is 36.4 Å². The molecule has 0 aliphatic carbocycles. The van der Waals surface area contributed by atoms with Gasteiger partial charge >= 0.3 is 0 Å². The molecule has 1 atom stereocenters. The molecule has 2 amide bonds. The van der Waals surface area contributed by atoms with Crippen LogP contribution < -0.4 is 9.62 Å². The predicted octanol–water partition coefficient (Wildman–Crippen LogP) is 4.31. The fourth-order valence-electron chi connectivity index (χ4n) is 4.09. The third-order valence-electron chi connectivity index (χ3n) is 6.22. The number of sulfonamides is 1.